The molecule has 1 saturated heterocycles. The number of carboxylic acids is 1. The molecular weight excluding hydrogens is 264 g/mol. The smallest absolute Gasteiger partial charge is 0.337 e. The van der Waals surface area contributed by atoms with Gasteiger partial charge in [-0.05, 0) is 19.9 Å². The van der Waals surface area contributed by atoms with Crippen molar-refractivity contribution >= 4 is 17.3 Å². The van der Waals surface area contributed by atoms with E-state index < -0.39 is 10.9 Å². The van der Waals surface area contributed by atoms with Gasteiger partial charge in [0.05, 0.1) is 28.4 Å². The van der Waals surface area contributed by atoms with Crippen molar-refractivity contribution in [2.24, 2.45) is 0 Å². The van der Waals surface area contributed by atoms with E-state index in [0.29, 0.717) is 18.8 Å². The first-order valence-corrected chi connectivity index (χ1v) is 6.30. The molecule has 0 spiro atoms. The minimum absolute atomic E-state index is 0.0559. The second kappa shape index (κ2) is 5.46. The molecule has 0 radical (unpaired) electrons. The van der Waals surface area contributed by atoms with E-state index in [-0.39, 0.29) is 23.5 Å². The van der Waals surface area contributed by atoms with Crippen molar-refractivity contribution in [3.63, 3.8) is 0 Å². The van der Waals surface area contributed by atoms with Gasteiger partial charge in [0.25, 0.3) is 5.69 Å². The second-order valence-electron chi connectivity index (χ2n) is 4.93. The summed E-state index contributed by atoms with van der Waals surface area (Å²) >= 11 is 0. The van der Waals surface area contributed by atoms with Gasteiger partial charge in [-0.25, -0.2) is 4.79 Å². The summed E-state index contributed by atoms with van der Waals surface area (Å²) in [5, 5.41) is 20.1. The summed E-state index contributed by atoms with van der Waals surface area (Å²) in [7, 11) is 0. The van der Waals surface area contributed by atoms with Crippen molar-refractivity contribution in [3.8, 4) is 0 Å². The zero-order valence-electron chi connectivity index (χ0n) is 11.3. The third kappa shape index (κ3) is 2.88. The molecule has 2 atom stereocenters. The van der Waals surface area contributed by atoms with Gasteiger partial charge in [0.2, 0.25) is 0 Å². The van der Waals surface area contributed by atoms with Crippen LogP contribution in [0.25, 0.3) is 0 Å². The van der Waals surface area contributed by atoms with E-state index in [4.69, 9.17) is 4.74 Å². The number of carboxylic acid groups (broad SMARTS) is 1. The lowest BCUT2D eigenvalue weighted by Crippen LogP contribution is -2.46. The highest BCUT2D eigenvalue weighted by atomic mass is 16.6. The Labute approximate surface area is 115 Å². The van der Waals surface area contributed by atoms with Crippen molar-refractivity contribution in [1.29, 1.82) is 0 Å². The first kappa shape index (κ1) is 14.3. The lowest BCUT2D eigenvalue weighted by atomic mass is 10.1. The Kier molecular flexibility index (Phi) is 3.89. The van der Waals surface area contributed by atoms with Crippen molar-refractivity contribution in [1.82, 2.24) is 0 Å². The molecule has 7 nitrogen and oxygen atoms in total. The summed E-state index contributed by atoms with van der Waals surface area (Å²) < 4.78 is 5.59. The predicted octanol–water partition coefficient (Wildman–Crippen LogP) is 1.91. The van der Waals surface area contributed by atoms with E-state index in [1.807, 2.05) is 18.7 Å². The van der Waals surface area contributed by atoms with Gasteiger partial charge < -0.3 is 14.7 Å². The third-order valence-corrected chi connectivity index (χ3v) is 3.18. The fraction of sp³-hybridized carbons (Fsp3) is 0.462. The summed E-state index contributed by atoms with van der Waals surface area (Å²) in [5.74, 6) is -1.10. The number of carbonyl (C=O) groups is 1. The first-order chi connectivity index (χ1) is 9.38. The van der Waals surface area contributed by atoms with Crippen molar-refractivity contribution in [2.45, 2.75) is 26.1 Å². The monoisotopic (exact) mass is 280 g/mol. The zero-order chi connectivity index (χ0) is 14.9. The van der Waals surface area contributed by atoms with E-state index in [9.17, 15) is 20.0 Å². The Morgan fingerprint density at radius 2 is 2.00 bits per heavy atom. The molecule has 2 unspecified atom stereocenters. The van der Waals surface area contributed by atoms with Gasteiger partial charge in [-0.15, -0.1) is 0 Å². The summed E-state index contributed by atoms with van der Waals surface area (Å²) in [6.07, 6.45) is -0.112. The molecule has 1 aliphatic rings. The fourth-order valence-corrected chi connectivity index (χ4v) is 2.45. The molecule has 0 aliphatic carbocycles. The van der Waals surface area contributed by atoms with Gasteiger partial charge in [0.1, 0.15) is 0 Å². The number of aromatic carboxylic acids is 1. The zero-order valence-corrected chi connectivity index (χ0v) is 11.3. The molecular formula is C13H16N2O5. The Hall–Kier alpha value is -2.15. The maximum atomic E-state index is 11.3. The summed E-state index contributed by atoms with van der Waals surface area (Å²) in [4.78, 5) is 23.4. The first-order valence-electron chi connectivity index (χ1n) is 6.30. The maximum absolute atomic E-state index is 11.3. The van der Waals surface area contributed by atoms with E-state index in [0.717, 1.165) is 0 Å². The van der Waals surface area contributed by atoms with E-state index in [1.54, 1.807) is 0 Å². The van der Waals surface area contributed by atoms with Gasteiger partial charge in [0, 0.05) is 25.2 Å². The molecule has 1 aromatic rings. The second-order valence-corrected chi connectivity index (χ2v) is 4.93. The number of nitro groups is 1. The normalized spacial score (nSPS) is 22.6. The third-order valence-electron chi connectivity index (χ3n) is 3.18. The number of non-ortho nitro benzene ring substituents is 1. The number of ether oxygens (including phenoxy) is 1. The Balaban J connectivity index is 2.43. The van der Waals surface area contributed by atoms with Crippen LogP contribution in [-0.2, 0) is 4.74 Å². The van der Waals surface area contributed by atoms with Gasteiger partial charge in [0.15, 0.2) is 0 Å². The van der Waals surface area contributed by atoms with Gasteiger partial charge in [-0.1, -0.05) is 0 Å². The lowest BCUT2D eigenvalue weighted by Gasteiger charge is -2.37. The van der Waals surface area contributed by atoms with Crippen LogP contribution in [0.1, 0.15) is 24.2 Å². The SMILES string of the molecule is CC1CN(c2cc([N+](=O)[O-])ccc2C(=O)O)CC(C)O1. The van der Waals surface area contributed by atoms with Crippen LogP contribution >= 0.6 is 0 Å². The van der Waals surface area contributed by atoms with Crippen LogP contribution in [0.3, 0.4) is 0 Å². The van der Waals surface area contributed by atoms with Crippen LogP contribution in [0.5, 0.6) is 0 Å². The van der Waals surface area contributed by atoms with Gasteiger partial charge in [-0.2, -0.15) is 0 Å². The molecule has 0 amide bonds. The topological polar surface area (TPSA) is 92.9 Å². The number of rotatable bonds is 3. The lowest BCUT2D eigenvalue weighted by molar-refractivity contribution is -0.384. The van der Waals surface area contributed by atoms with Gasteiger partial charge >= 0.3 is 5.97 Å². The molecule has 0 saturated carbocycles. The van der Waals surface area contributed by atoms with E-state index in [2.05, 4.69) is 0 Å². The standard InChI is InChI=1S/C13H16N2O5/c1-8-6-14(7-9(2)20-8)12-5-10(15(18)19)3-4-11(12)13(16)17/h3-5,8-9H,6-7H2,1-2H3,(H,16,17). The average molecular weight is 280 g/mol. The number of nitro benzene ring substituents is 1. The number of nitrogens with zero attached hydrogens (tertiary/aromatic N) is 2. The quantitative estimate of drug-likeness (QED) is 0.671. The molecule has 0 aromatic heterocycles. The maximum Gasteiger partial charge on any atom is 0.337 e. The average Bonchev–Trinajstić information content (AvgIpc) is 2.36. The molecule has 108 valence electrons. The number of hydrogen-bond acceptors (Lipinski definition) is 5. The molecule has 1 aliphatic heterocycles. The number of benzene rings is 1. The number of hydrogen-bond donors (Lipinski definition) is 1. The molecule has 1 aromatic carbocycles. The predicted molar refractivity (Wildman–Crippen MR) is 72.3 cm³/mol. The molecule has 20 heavy (non-hydrogen) atoms. The van der Waals surface area contributed by atoms with Crippen LogP contribution in [0, 0.1) is 10.1 Å². The number of anilines is 1. The van der Waals surface area contributed by atoms with E-state index >= 15 is 0 Å². The highest BCUT2D eigenvalue weighted by Gasteiger charge is 2.27. The highest BCUT2D eigenvalue weighted by molar-refractivity contribution is 5.95. The van der Waals surface area contributed by atoms with Gasteiger partial charge in [-0.3, -0.25) is 10.1 Å². The fourth-order valence-electron chi connectivity index (χ4n) is 2.45. The minimum atomic E-state index is -1.10. The molecule has 7 heteroatoms. The Morgan fingerprint density at radius 3 is 2.50 bits per heavy atom. The largest absolute Gasteiger partial charge is 0.478 e. The van der Waals surface area contributed by atoms with Crippen LogP contribution in [0.15, 0.2) is 18.2 Å². The summed E-state index contributed by atoms with van der Waals surface area (Å²) in [6.45, 7) is 4.79. The Bertz CT molecular complexity index is 536. The van der Waals surface area contributed by atoms with Crippen molar-refractivity contribution < 1.29 is 19.6 Å². The molecule has 1 N–H and O–H groups in total. The molecule has 2 rings (SSSR count). The molecule has 1 heterocycles. The summed E-state index contributed by atoms with van der Waals surface area (Å²) in [5.41, 5.74) is 0.322. The minimum Gasteiger partial charge on any atom is -0.478 e. The van der Waals surface area contributed by atoms with Crippen molar-refractivity contribution in [3.05, 3.63) is 33.9 Å². The van der Waals surface area contributed by atoms with Crippen LogP contribution in [0.4, 0.5) is 11.4 Å². The van der Waals surface area contributed by atoms with Crippen LogP contribution < -0.4 is 4.90 Å². The molecule has 1 fully saturated rings. The molecule has 0 bridgehead atoms. The van der Waals surface area contributed by atoms with Crippen LogP contribution in [-0.4, -0.2) is 41.3 Å². The van der Waals surface area contributed by atoms with Crippen LogP contribution in [0.2, 0.25) is 0 Å². The van der Waals surface area contributed by atoms with E-state index in [1.165, 1.54) is 18.2 Å². The van der Waals surface area contributed by atoms with Crippen molar-refractivity contribution in [2.75, 3.05) is 18.0 Å². The Morgan fingerprint density at radius 1 is 1.40 bits per heavy atom. The highest BCUT2D eigenvalue weighted by Crippen LogP contribution is 2.28. The summed E-state index contributed by atoms with van der Waals surface area (Å²) in [6, 6.07) is 3.80. The number of morpholine rings is 1.